The van der Waals surface area contributed by atoms with E-state index in [1.54, 1.807) is 4.90 Å². The van der Waals surface area contributed by atoms with E-state index in [2.05, 4.69) is 10.3 Å². The molecule has 1 amide bonds. The standard InChI is InChI=1S/C17H21N3O2.ClH/c1-11-13-5-3-4-6-14(13)19-16(21)15(11)17(22)20-8-7-12(10-20)9-18-2;/h3-6,12,18H,7-10H2,1-2H3,(H,19,21);1H. The fourth-order valence-corrected chi connectivity index (χ4v) is 3.30. The third-order valence-corrected chi connectivity index (χ3v) is 4.46. The van der Waals surface area contributed by atoms with Gasteiger partial charge in [-0.3, -0.25) is 9.59 Å². The summed E-state index contributed by atoms with van der Waals surface area (Å²) in [5, 5.41) is 4.08. The van der Waals surface area contributed by atoms with Crippen LogP contribution in [0.15, 0.2) is 29.1 Å². The van der Waals surface area contributed by atoms with Gasteiger partial charge in [0, 0.05) is 24.0 Å². The zero-order valence-electron chi connectivity index (χ0n) is 13.4. The third-order valence-electron chi connectivity index (χ3n) is 4.46. The number of nitrogens with zero attached hydrogens (tertiary/aromatic N) is 1. The highest BCUT2D eigenvalue weighted by Gasteiger charge is 2.29. The van der Waals surface area contributed by atoms with Crippen molar-refractivity contribution < 1.29 is 4.79 Å². The number of para-hydroxylation sites is 1. The van der Waals surface area contributed by atoms with E-state index in [0.29, 0.717) is 12.5 Å². The summed E-state index contributed by atoms with van der Waals surface area (Å²) in [7, 11) is 1.92. The predicted octanol–water partition coefficient (Wildman–Crippen LogP) is 1.94. The Hall–Kier alpha value is -1.85. The zero-order valence-corrected chi connectivity index (χ0v) is 14.2. The summed E-state index contributed by atoms with van der Waals surface area (Å²) in [6.07, 6.45) is 0.983. The Morgan fingerprint density at radius 2 is 2.13 bits per heavy atom. The number of aromatic amines is 1. The van der Waals surface area contributed by atoms with Crippen LogP contribution in [0.1, 0.15) is 22.3 Å². The number of halogens is 1. The molecular formula is C17H22ClN3O2. The highest BCUT2D eigenvalue weighted by atomic mass is 35.5. The van der Waals surface area contributed by atoms with Crippen LogP contribution in [0.25, 0.3) is 10.9 Å². The summed E-state index contributed by atoms with van der Waals surface area (Å²) >= 11 is 0. The van der Waals surface area contributed by atoms with E-state index >= 15 is 0 Å². The Kier molecular flexibility index (Phi) is 5.44. The van der Waals surface area contributed by atoms with Crippen molar-refractivity contribution >= 4 is 29.2 Å². The Labute approximate surface area is 141 Å². The maximum Gasteiger partial charge on any atom is 0.261 e. The van der Waals surface area contributed by atoms with E-state index in [0.717, 1.165) is 36.0 Å². The lowest BCUT2D eigenvalue weighted by Crippen LogP contribution is -2.34. The summed E-state index contributed by atoms with van der Waals surface area (Å²) in [5.74, 6) is 0.317. The molecule has 1 saturated heterocycles. The van der Waals surface area contributed by atoms with Crippen molar-refractivity contribution in [3.05, 3.63) is 45.7 Å². The molecule has 2 heterocycles. The van der Waals surface area contributed by atoms with Crippen molar-refractivity contribution in [3.63, 3.8) is 0 Å². The van der Waals surface area contributed by atoms with Crippen LogP contribution < -0.4 is 10.9 Å². The minimum Gasteiger partial charge on any atom is -0.338 e. The summed E-state index contributed by atoms with van der Waals surface area (Å²) in [6, 6.07) is 7.59. The van der Waals surface area contributed by atoms with E-state index in [9.17, 15) is 9.59 Å². The molecule has 124 valence electrons. The highest BCUT2D eigenvalue weighted by Crippen LogP contribution is 2.21. The van der Waals surface area contributed by atoms with Gasteiger partial charge in [-0.15, -0.1) is 12.4 Å². The van der Waals surface area contributed by atoms with Crippen LogP contribution >= 0.6 is 12.4 Å². The van der Waals surface area contributed by atoms with E-state index in [1.807, 2.05) is 38.2 Å². The molecule has 1 atom stereocenters. The first-order valence-electron chi connectivity index (χ1n) is 7.67. The monoisotopic (exact) mass is 335 g/mol. The minimum absolute atomic E-state index is 0. The van der Waals surface area contributed by atoms with Gasteiger partial charge >= 0.3 is 0 Å². The van der Waals surface area contributed by atoms with Gasteiger partial charge in [0.25, 0.3) is 11.5 Å². The molecule has 1 aromatic heterocycles. The first-order valence-corrected chi connectivity index (χ1v) is 7.67. The van der Waals surface area contributed by atoms with Gasteiger partial charge in [0.1, 0.15) is 5.56 Å². The second kappa shape index (κ2) is 7.15. The molecule has 1 aliphatic heterocycles. The van der Waals surface area contributed by atoms with Gasteiger partial charge in [-0.1, -0.05) is 18.2 Å². The van der Waals surface area contributed by atoms with Gasteiger partial charge in [-0.2, -0.15) is 0 Å². The number of benzene rings is 1. The SMILES string of the molecule is CNCC1CCN(C(=O)c2c(C)c3ccccc3[nH]c2=O)C1.Cl. The molecule has 23 heavy (non-hydrogen) atoms. The molecule has 2 N–H and O–H groups in total. The summed E-state index contributed by atoms with van der Waals surface area (Å²) in [4.78, 5) is 29.7. The number of hydrogen-bond donors (Lipinski definition) is 2. The molecule has 0 bridgehead atoms. The third kappa shape index (κ3) is 3.26. The first kappa shape index (κ1) is 17.5. The fraction of sp³-hybridized carbons (Fsp3) is 0.412. The van der Waals surface area contributed by atoms with Gasteiger partial charge < -0.3 is 15.2 Å². The number of aromatic nitrogens is 1. The Bertz CT molecular complexity index is 772. The number of fused-ring (bicyclic) bond motifs is 1. The van der Waals surface area contributed by atoms with Gasteiger partial charge in [0.15, 0.2) is 0 Å². The topological polar surface area (TPSA) is 65.2 Å². The average Bonchev–Trinajstić information content (AvgIpc) is 2.96. The summed E-state index contributed by atoms with van der Waals surface area (Å²) in [6.45, 7) is 4.19. The maximum absolute atomic E-state index is 12.8. The minimum atomic E-state index is -0.293. The van der Waals surface area contributed by atoms with E-state index < -0.39 is 0 Å². The van der Waals surface area contributed by atoms with Crippen LogP contribution in [-0.4, -0.2) is 42.5 Å². The summed E-state index contributed by atoms with van der Waals surface area (Å²) in [5.41, 5.74) is 1.53. The van der Waals surface area contributed by atoms with Crippen LogP contribution in [0.5, 0.6) is 0 Å². The number of rotatable bonds is 3. The van der Waals surface area contributed by atoms with E-state index in [1.165, 1.54) is 0 Å². The van der Waals surface area contributed by atoms with Crippen molar-refractivity contribution in [2.75, 3.05) is 26.7 Å². The normalized spacial score (nSPS) is 17.3. The van der Waals surface area contributed by atoms with Crippen molar-refractivity contribution in [2.45, 2.75) is 13.3 Å². The number of hydrogen-bond acceptors (Lipinski definition) is 3. The second-order valence-electron chi connectivity index (χ2n) is 5.96. The van der Waals surface area contributed by atoms with Gasteiger partial charge in [0.05, 0.1) is 0 Å². The van der Waals surface area contributed by atoms with Crippen molar-refractivity contribution in [2.24, 2.45) is 5.92 Å². The molecule has 6 heteroatoms. The number of amides is 1. The van der Waals surface area contributed by atoms with Crippen LogP contribution in [-0.2, 0) is 0 Å². The Balaban J connectivity index is 0.00000192. The molecule has 1 fully saturated rings. The number of H-pyrrole nitrogens is 1. The molecule has 1 aliphatic rings. The largest absolute Gasteiger partial charge is 0.338 e. The number of pyridine rings is 1. The van der Waals surface area contributed by atoms with Crippen LogP contribution in [0.4, 0.5) is 0 Å². The van der Waals surface area contributed by atoms with E-state index in [-0.39, 0.29) is 29.4 Å². The Morgan fingerprint density at radius 1 is 1.39 bits per heavy atom. The summed E-state index contributed by atoms with van der Waals surface area (Å²) < 4.78 is 0. The molecule has 1 unspecified atom stereocenters. The smallest absolute Gasteiger partial charge is 0.261 e. The Morgan fingerprint density at radius 3 is 2.87 bits per heavy atom. The molecule has 0 aliphatic carbocycles. The molecule has 3 rings (SSSR count). The van der Waals surface area contributed by atoms with Crippen LogP contribution in [0.3, 0.4) is 0 Å². The zero-order chi connectivity index (χ0) is 15.7. The van der Waals surface area contributed by atoms with Gasteiger partial charge in [-0.25, -0.2) is 0 Å². The van der Waals surface area contributed by atoms with Crippen molar-refractivity contribution in [1.29, 1.82) is 0 Å². The number of carbonyl (C=O) groups is 1. The first-order chi connectivity index (χ1) is 10.6. The predicted molar refractivity (Wildman–Crippen MR) is 94.5 cm³/mol. The lowest BCUT2D eigenvalue weighted by Gasteiger charge is -2.18. The average molecular weight is 336 g/mol. The second-order valence-corrected chi connectivity index (χ2v) is 5.96. The van der Waals surface area contributed by atoms with Crippen molar-refractivity contribution in [1.82, 2.24) is 15.2 Å². The van der Waals surface area contributed by atoms with Crippen molar-refractivity contribution in [3.8, 4) is 0 Å². The van der Waals surface area contributed by atoms with E-state index in [4.69, 9.17) is 0 Å². The molecular weight excluding hydrogens is 314 g/mol. The molecule has 0 spiro atoms. The van der Waals surface area contributed by atoms with Gasteiger partial charge in [-0.05, 0) is 44.5 Å². The number of carbonyl (C=O) groups excluding carboxylic acids is 1. The quantitative estimate of drug-likeness (QED) is 0.901. The maximum atomic E-state index is 12.8. The molecule has 0 radical (unpaired) electrons. The number of nitrogens with one attached hydrogen (secondary N) is 2. The molecule has 1 aromatic carbocycles. The van der Waals surface area contributed by atoms with Crippen LogP contribution in [0, 0.1) is 12.8 Å². The van der Waals surface area contributed by atoms with Crippen LogP contribution in [0.2, 0.25) is 0 Å². The lowest BCUT2D eigenvalue weighted by atomic mass is 10.0. The van der Waals surface area contributed by atoms with Gasteiger partial charge in [0.2, 0.25) is 0 Å². The molecule has 2 aromatic rings. The highest BCUT2D eigenvalue weighted by molar-refractivity contribution is 6.00. The number of likely N-dealkylation sites (tertiary alicyclic amines) is 1. The molecule has 5 nitrogen and oxygen atoms in total. The fourth-order valence-electron chi connectivity index (χ4n) is 3.30. The number of aryl methyl sites for hydroxylation is 1. The molecule has 0 saturated carbocycles. The lowest BCUT2D eigenvalue weighted by molar-refractivity contribution is 0.0785.